The van der Waals surface area contributed by atoms with Gasteiger partial charge in [-0.3, -0.25) is 4.79 Å². The number of methoxy groups -OCH3 is 1. The van der Waals surface area contributed by atoms with Gasteiger partial charge in [0.1, 0.15) is 0 Å². The fourth-order valence-corrected chi connectivity index (χ4v) is 1.44. The van der Waals surface area contributed by atoms with Gasteiger partial charge < -0.3 is 15.6 Å². The lowest BCUT2D eigenvalue weighted by Crippen LogP contribution is -2.02. The number of nitrogen functional groups attached to an aromatic ring is 1. The molecular weight excluding hydrogens is 234 g/mol. The minimum absolute atomic E-state index is 0.275. The van der Waals surface area contributed by atoms with Crippen molar-refractivity contribution in [2.24, 2.45) is 0 Å². The molecule has 0 unspecified atom stereocenters. The number of carbonyl (C=O) groups is 2. The molecule has 18 heavy (non-hydrogen) atoms. The van der Waals surface area contributed by atoms with E-state index in [0.717, 1.165) is 11.6 Å². The second kappa shape index (κ2) is 6.44. The molecule has 0 bridgehead atoms. The van der Waals surface area contributed by atoms with Gasteiger partial charge in [0.25, 0.3) is 0 Å². The zero-order valence-corrected chi connectivity index (χ0v) is 10.1. The molecule has 3 N–H and O–H groups in total. The lowest BCUT2D eigenvalue weighted by Gasteiger charge is -2.05. The van der Waals surface area contributed by atoms with Crippen molar-refractivity contribution in [2.45, 2.75) is 12.8 Å². The molecule has 0 aromatic heterocycles. The highest BCUT2D eigenvalue weighted by Crippen LogP contribution is 2.17. The van der Waals surface area contributed by atoms with Crippen molar-refractivity contribution in [3.05, 3.63) is 35.4 Å². The number of esters is 1. The second-order valence-electron chi connectivity index (χ2n) is 3.71. The van der Waals surface area contributed by atoms with Crippen LogP contribution in [0.2, 0.25) is 0 Å². The summed E-state index contributed by atoms with van der Waals surface area (Å²) in [6.45, 7) is 0. The maximum atomic E-state index is 11.0. The summed E-state index contributed by atoms with van der Waals surface area (Å²) in [6, 6.07) is 5.26. The highest BCUT2D eigenvalue weighted by atomic mass is 16.5. The molecule has 0 saturated heterocycles. The Morgan fingerprint density at radius 3 is 2.72 bits per heavy atom. The molecule has 0 spiro atoms. The van der Waals surface area contributed by atoms with Gasteiger partial charge >= 0.3 is 11.9 Å². The highest BCUT2D eigenvalue weighted by Gasteiger charge is 2.03. The first-order valence-corrected chi connectivity index (χ1v) is 5.39. The molecule has 0 heterocycles. The molecular formula is C13H15NO4. The normalized spacial score (nSPS) is 10.5. The molecule has 5 nitrogen and oxygen atoms in total. The Kier molecular flexibility index (Phi) is 4.92. The van der Waals surface area contributed by atoms with Crippen molar-refractivity contribution >= 4 is 23.7 Å². The third-order valence-electron chi connectivity index (χ3n) is 2.40. The molecule has 0 saturated carbocycles. The Hall–Kier alpha value is -2.30. The molecule has 0 fully saturated rings. The van der Waals surface area contributed by atoms with Gasteiger partial charge in [0.15, 0.2) is 0 Å². The summed E-state index contributed by atoms with van der Waals surface area (Å²) in [6.07, 6.45) is 3.29. The van der Waals surface area contributed by atoms with E-state index in [1.54, 1.807) is 18.2 Å². The van der Waals surface area contributed by atoms with E-state index in [1.165, 1.54) is 13.2 Å². The molecule has 0 amide bonds. The lowest BCUT2D eigenvalue weighted by molar-refractivity contribution is -0.140. The zero-order chi connectivity index (χ0) is 13.5. The minimum atomic E-state index is -1.02. The predicted octanol–water partition coefficient (Wildman–Crippen LogP) is 1.47. The van der Waals surface area contributed by atoms with Gasteiger partial charge in [0.2, 0.25) is 0 Å². The smallest absolute Gasteiger partial charge is 0.328 e. The van der Waals surface area contributed by atoms with Gasteiger partial charge in [-0.1, -0.05) is 12.1 Å². The zero-order valence-electron chi connectivity index (χ0n) is 10.1. The molecule has 0 aliphatic rings. The maximum Gasteiger partial charge on any atom is 0.328 e. The van der Waals surface area contributed by atoms with Crippen molar-refractivity contribution in [1.82, 2.24) is 0 Å². The molecule has 5 heteroatoms. The number of aryl methyl sites for hydroxylation is 1. The summed E-state index contributed by atoms with van der Waals surface area (Å²) < 4.78 is 4.54. The Morgan fingerprint density at radius 1 is 1.44 bits per heavy atom. The summed E-state index contributed by atoms with van der Waals surface area (Å²) in [5.41, 5.74) is 7.81. The average molecular weight is 249 g/mol. The Bertz CT molecular complexity index is 480. The van der Waals surface area contributed by atoms with Gasteiger partial charge in [-0.15, -0.1) is 0 Å². The lowest BCUT2D eigenvalue weighted by atomic mass is 10.0. The number of carbonyl (C=O) groups excluding carboxylic acids is 1. The SMILES string of the molecule is COC(=O)CCc1ccc(C=CC(=O)O)c(N)c1. The van der Waals surface area contributed by atoms with Gasteiger partial charge in [0.05, 0.1) is 7.11 Å². The molecule has 0 atom stereocenters. The van der Waals surface area contributed by atoms with Gasteiger partial charge in [0, 0.05) is 18.2 Å². The first-order valence-electron chi connectivity index (χ1n) is 5.39. The minimum Gasteiger partial charge on any atom is -0.478 e. The van der Waals surface area contributed by atoms with Crippen LogP contribution in [0.5, 0.6) is 0 Å². The van der Waals surface area contributed by atoms with Gasteiger partial charge in [-0.25, -0.2) is 4.79 Å². The number of ether oxygens (including phenoxy) is 1. The van der Waals surface area contributed by atoms with E-state index in [4.69, 9.17) is 10.8 Å². The molecule has 96 valence electrons. The number of hydrogen-bond donors (Lipinski definition) is 2. The number of nitrogens with two attached hydrogens (primary N) is 1. The topological polar surface area (TPSA) is 89.6 Å². The van der Waals surface area contributed by atoms with Gasteiger partial charge in [-0.2, -0.15) is 0 Å². The predicted molar refractivity (Wildman–Crippen MR) is 67.9 cm³/mol. The molecule has 0 radical (unpaired) electrons. The van der Waals surface area contributed by atoms with Gasteiger partial charge in [-0.05, 0) is 29.7 Å². The number of rotatable bonds is 5. The molecule has 1 aromatic carbocycles. The van der Waals surface area contributed by atoms with Crippen LogP contribution in [-0.2, 0) is 20.7 Å². The summed E-state index contributed by atoms with van der Waals surface area (Å²) in [5, 5.41) is 8.51. The van der Waals surface area contributed by atoms with Crippen LogP contribution < -0.4 is 5.73 Å². The van der Waals surface area contributed by atoms with Crippen LogP contribution in [-0.4, -0.2) is 24.2 Å². The van der Waals surface area contributed by atoms with E-state index in [1.807, 2.05) is 0 Å². The van der Waals surface area contributed by atoms with E-state index >= 15 is 0 Å². The van der Waals surface area contributed by atoms with Crippen LogP contribution in [0.3, 0.4) is 0 Å². The van der Waals surface area contributed by atoms with Crippen LogP contribution in [0, 0.1) is 0 Å². The highest BCUT2D eigenvalue weighted by molar-refractivity contribution is 5.86. The van der Waals surface area contributed by atoms with E-state index in [-0.39, 0.29) is 5.97 Å². The quantitative estimate of drug-likeness (QED) is 0.468. The summed E-state index contributed by atoms with van der Waals surface area (Å²) in [7, 11) is 1.34. The Morgan fingerprint density at radius 2 is 2.17 bits per heavy atom. The van der Waals surface area contributed by atoms with Crippen LogP contribution >= 0.6 is 0 Å². The van der Waals surface area contributed by atoms with Crippen molar-refractivity contribution in [1.29, 1.82) is 0 Å². The fourth-order valence-electron chi connectivity index (χ4n) is 1.44. The summed E-state index contributed by atoms with van der Waals surface area (Å²) in [5.74, 6) is -1.30. The molecule has 1 aromatic rings. The Balaban J connectivity index is 2.73. The van der Waals surface area contributed by atoms with Crippen LogP contribution in [0.4, 0.5) is 5.69 Å². The first kappa shape index (κ1) is 13.8. The average Bonchev–Trinajstić information content (AvgIpc) is 2.34. The molecule has 0 aliphatic heterocycles. The first-order chi connectivity index (χ1) is 8.52. The van der Waals surface area contributed by atoms with E-state index < -0.39 is 5.97 Å². The van der Waals surface area contributed by atoms with E-state index in [0.29, 0.717) is 24.1 Å². The van der Waals surface area contributed by atoms with E-state index in [2.05, 4.69) is 4.74 Å². The molecule has 1 rings (SSSR count). The standard InChI is InChI=1S/C13H15NO4/c1-18-13(17)7-3-9-2-4-10(11(14)8-9)5-6-12(15)16/h2,4-6,8H,3,7,14H2,1H3,(H,15,16). The number of anilines is 1. The third kappa shape index (κ3) is 4.29. The fraction of sp³-hybridized carbons (Fsp3) is 0.231. The van der Waals surface area contributed by atoms with Crippen molar-refractivity contribution in [3.8, 4) is 0 Å². The second-order valence-corrected chi connectivity index (χ2v) is 3.71. The van der Waals surface area contributed by atoms with Crippen molar-refractivity contribution < 1.29 is 19.4 Å². The van der Waals surface area contributed by atoms with Crippen LogP contribution in [0.25, 0.3) is 6.08 Å². The number of hydrogen-bond acceptors (Lipinski definition) is 4. The monoisotopic (exact) mass is 249 g/mol. The Labute approximate surface area is 105 Å². The van der Waals surface area contributed by atoms with Crippen LogP contribution in [0.1, 0.15) is 17.5 Å². The largest absolute Gasteiger partial charge is 0.478 e. The van der Waals surface area contributed by atoms with E-state index in [9.17, 15) is 9.59 Å². The number of carboxylic acids is 1. The number of aliphatic carboxylic acids is 1. The summed E-state index contributed by atoms with van der Waals surface area (Å²) >= 11 is 0. The third-order valence-corrected chi connectivity index (χ3v) is 2.40. The van der Waals surface area contributed by atoms with Crippen molar-refractivity contribution in [2.75, 3.05) is 12.8 Å². The van der Waals surface area contributed by atoms with Crippen LogP contribution in [0.15, 0.2) is 24.3 Å². The summed E-state index contributed by atoms with van der Waals surface area (Å²) in [4.78, 5) is 21.4. The number of benzene rings is 1. The number of carboxylic acid groups (broad SMARTS) is 1. The van der Waals surface area contributed by atoms with Crippen molar-refractivity contribution in [3.63, 3.8) is 0 Å². The molecule has 0 aliphatic carbocycles. The maximum absolute atomic E-state index is 11.0.